The molecule has 2 aromatic carbocycles. The number of carbonyl (C=O) groups excluding carboxylic acids is 3. The second-order valence-electron chi connectivity index (χ2n) is 7.33. The molecule has 0 N–H and O–H groups in total. The van der Waals surface area contributed by atoms with Crippen LogP contribution in [-0.2, 0) is 19.3 Å². The molecule has 0 aliphatic carbocycles. The lowest BCUT2D eigenvalue weighted by Crippen LogP contribution is -2.11. The van der Waals surface area contributed by atoms with E-state index in [1.54, 1.807) is 54.6 Å². The number of hydrogen-bond acceptors (Lipinski definition) is 7. The molecule has 0 heterocycles. The van der Waals surface area contributed by atoms with Crippen molar-refractivity contribution in [2.75, 3.05) is 13.2 Å². The number of ether oxygens (including phenoxy) is 2. The van der Waals surface area contributed by atoms with E-state index in [1.165, 1.54) is 6.08 Å². The molecular formula is C26H30O7. The van der Waals surface area contributed by atoms with Gasteiger partial charge in [-0.3, -0.25) is 0 Å². The molecule has 7 nitrogen and oxygen atoms in total. The van der Waals surface area contributed by atoms with Gasteiger partial charge in [-0.25, -0.2) is 24.2 Å². The number of benzene rings is 2. The van der Waals surface area contributed by atoms with Gasteiger partial charge in [0, 0.05) is 6.08 Å². The lowest BCUT2D eigenvalue weighted by Gasteiger charge is -2.07. The van der Waals surface area contributed by atoms with Crippen molar-refractivity contribution >= 4 is 17.9 Å². The Morgan fingerprint density at radius 1 is 0.667 bits per heavy atom. The minimum absolute atomic E-state index is 0.252. The third-order valence-corrected chi connectivity index (χ3v) is 4.76. The molecule has 0 radical (unpaired) electrons. The molecule has 0 amide bonds. The number of rotatable bonds is 14. The molecule has 0 aliphatic heterocycles. The molecule has 0 spiro atoms. The van der Waals surface area contributed by atoms with Crippen molar-refractivity contribution in [3.05, 3.63) is 78.4 Å². The van der Waals surface area contributed by atoms with Crippen molar-refractivity contribution in [1.82, 2.24) is 0 Å². The van der Waals surface area contributed by atoms with Gasteiger partial charge in [-0.05, 0) is 49.2 Å². The Morgan fingerprint density at radius 3 is 1.76 bits per heavy atom. The molecule has 0 aliphatic rings. The minimum Gasteiger partial charge on any atom is -0.494 e. The van der Waals surface area contributed by atoms with Gasteiger partial charge in [0.25, 0.3) is 0 Å². The van der Waals surface area contributed by atoms with Gasteiger partial charge in [-0.15, -0.1) is 0 Å². The lowest BCUT2D eigenvalue weighted by atomic mass is 10.1. The number of esters is 1. The normalized spacial score (nSPS) is 10.2. The summed E-state index contributed by atoms with van der Waals surface area (Å²) in [5.41, 5.74) is 0.545. The number of hydrogen-bond donors (Lipinski definition) is 0. The van der Waals surface area contributed by atoms with Crippen molar-refractivity contribution in [1.29, 1.82) is 0 Å². The van der Waals surface area contributed by atoms with Crippen LogP contribution in [0, 0.1) is 0 Å². The summed E-state index contributed by atoms with van der Waals surface area (Å²) in [6, 6.07) is 14.7. The predicted molar refractivity (Wildman–Crippen MR) is 123 cm³/mol. The van der Waals surface area contributed by atoms with Crippen LogP contribution in [0.1, 0.15) is 65.7 Å². The van der Waals surface area contributed by atoms with Gasteiger partial charge >= 0.3 is 17.9 Å². The van der Waals surface area contributed by atoms with Gasteiger partial charge < -0.3 is 9.47 Å². The minimum atomic E-state index is -0.760. The molecule has 0 saturated carbocycles. The first kappa shape index (κ1) is 25.6. The van der Waals surface area contributed by atoms with Crippen LogP contribution in [0.3, 0.4) is 0 Å². The van der Waals surface area contributed by atoms with Crippen LogP contribution in [-0.4, -0.2) is 31.1 Å². The topological polar surface area (TPSA) is 88.1 Å². The zero-order valence-corrected chi connectivity index (χ0v) is 18.7. The summed E-state index contributed by atoms with van der Waals surface area (Å²) in [4.78, 5) is 43.9. The van der Waals surface area contributed by atoms with Crippen LogP contribution in [0.2, 0.25) is 0 Å². The largest absolute Gasteiger partial charge is 0.494 e. The van der Waals surface area contributed by atoms with Crippen LogP contribution in [0.5, 0.6) is 5.75 Å². The van der Waals surface area contributed by atoms with Crippen molar-refractivity contribution in [3.8, 4) is 5.75 Å². The fraction of sp³-hybridized carbons (Fsp3) is 0.346. The van der Waals surface area contributed by atoms with Gasteiger partial charge in [0.1, 0.15) is 5.75 Å². The third-order valence-electron chi connectivity index (χ3n) is 4.76. The van der Waals surface area contributed by atoms with Gasteiger partial charge in [-0.1, -0.05) is 56.9 Å². The Morgan fingerprint density at radius 2 is 1.18 bits per heavy atom. The average Bonchev–Trinajstić information content (AvgIpc) is 2.86. The molecule has 0 aromatic heterocycles. The Bertz CT molecular complexity index is 875. The molecular weight excluding hydrogens is 424 g/mol. The Hall–Kier alpha value is -3.61. The highest BCUT2D eigenvalue weighted by molar-refractivity contribution is 5.92. The highest BCUT2D eigenvalue weighted by Gasteiger charge is 2.13. The van der Waals surface area contributed by atoms with E-state index < -0.39 is 11.9 Å². The van der Waals surface area contributed by atoms with E-state index in [-0.39, 0.29) is 11.5 Å². The molecule has 2 aromatic rings. The van der Waals surface area contributed by atoms with Crippen LogP contribution in [0.15, 0.2) is 67.3 Å². The maximum Gasteiger partial charge on any atom is 0.386 e. The second-order valence-corrected chi connectivity index (χ2v) is 7.33. The average molecular weight is 455 g/mol. The van der Waals surface area contributed by atoms with E-state index in [1.807, 2.05) is 0 Å². The quantitative estimate of drug-likeness (QED) is 0.123. The molecule has 0 atom stereocenters. The van der Waals surface area contributed by atoms with E-state index >= 15 is 0 Å². The molecule has 33 heavy (non-hydrogen) atoms. The highest BCUT2D eigenvalue weighted by atomic mass is 17.2. The zero-order valence-electron chi connectivity index (χ0n) is 18.7. The smallest absolute Gasteiger partial charge is 0.386 e. The van der Waals surface area contributed by atoms with Crippen molar-refractivity contribution in [2.24, 2.45) is 0 Å². The van der Waals surface area contributed by atoms with Crippen LogP contribution in [0.4, 0.5) is 0 Å². The first-order chi connectivity index (χ1) is 16.1. The second kappa shape index (κ2) is 15.2. The van der Waals surface area contributed by atoms with E-state index in [4.69, 9.17) is 9.47 Å². The lowest BCUT2D eigenvalue weighted by molar-refractivity contribution is -0.187. The van der Waals surface area contributed by atoms with Crippen molar-refractivity contribution in [2.45, 2.75) is 44.9 Å². The monoisotopic (exact) mass is 454 g/mol. The van der Waals surface area contributed by atoms with Crippen LogP contribution < -0.4 is 4.74 Å². The van der Waals surface area contributed by atoms with Gasteiger partial charge in [0.15, 0.2) is 0 Å². The fourth-order valence-electron chi connectivity index (χ4n) is 2.94. The van der Waals surface area contributed by atoms with Crippen molar-refractivity contribution in [3.63, 3.8) is 0 Å². The van der Waals surface area contributed by atoms with Crippen LogP contribution >= 0.6 is 0 Å². The van der Waals surface area contributed by atoms with E-state index in [9.17, 15) is 14.4 Å². The summed E-state index contributed by atoms with van der Waals surface area (Å²) >= 11 is 0. The third kappa shape index (κ3) is 10.5. The molecule has 176 valence electrons. The summed E-state index contributed by atoms with van der Waals surface area (Å²) in [6.45, 7) is 4.40. The highest BCUT2D eigenvalue weighted by Crippen LogP contribution is 2.15. The number of carbonyl (C=O) groups is 3. The fourth-order valence-corrected chi connectivity index (χ4v) is 2.94. The summed E-state index contributed by atoms with van der Waals surface area (Å²) in [7, 11) is 0. The Balaban J connectivity index is 1.52. The summed E-state index contributed by atoms with van der Waals surface area (Å²) < 4.78 is 10.6. The summed E-state index contributed by atoms with van der Waals surface area (Å²) in [5.74, 6) is -1.21. The molecule has 0 bridgehead atoms. The maximum absolute atomic E-state index is 12.0. The van der Waals surface area contributed by atoms with Gasteiger partial charge in [-0.2, -0.15) is 0 Å². The number of unbranched alkanes of at least 4 members (excludes halogenated alkanes) is 6. The Kier molecular flexibility index (Phi) is 11.8. The zero-order chi connectivity index (χ0) is 23.7. The SMILES string of the molecule is C=CC(=O)OCCCCCCCCCOc1ccc(C(=O)OOC(=O)c2ccccc2)cc1. The molecule has 7 heteroatoms. The van der Waals surface area contributed by atoms with E-state index in [0.29, 0.717) is 24.5 Å². The molecule has 0 fully saturated rings. The Labute approximate surface area is 194 Å². The van der Waals surface area contributed by atoms with Gasteiger partial charge in [0.2, 0.25) is 0 Å². The van der Waals surface area contributed by atoms with Gasteiger partial charge in [0.05, 0.1) is 24.3 Å². The summed E-state index contributed by atoms with van der Waals surface area (Å²) in [6.07, 6.45) is 8.49. The van der Waals surface area contributed by atoms with E-state index in [2.05, 4.69) is 16.4 Å². The van der Waals surface area contributed by atoms with Crippen LogP contribution in [0.25, 0.3) is 0 Å². The standard InChI is InChI=1S/C26H30O7/c1-2-24(27)31-20-12-7-5-3-4-6-11-19-30-23-17-15-22(16-18-23)26(29)33-32-25(28)21-13-9-8-10-14-21/h2,8-10,13-18H,1,3-7,11-12,19-20H2. The maximum atomic E-state index is 12.0. The first-order valence-corrected chi connectivity index (χ1v) is 11.1. The molecule has 0 unspecified atom stereocenters. The summed E-state index contributed by atoms with van der Waals surface area (Å²) in [5, 5.41) is 0. The molecule has 2 rings (SSSR count). The van der Waals surface area contributed by atoms with Crippen molar-refractivity contribution < 1.29 is 33.6 Å². The van der Waals surface area contributed by atoms with E-state index in [0.717, 1.165) is 44.9 Å². The first-order valence-electron chi connectivity index (χ1n) is 11.1. The molecule has 0 saturated heterocycles. The predicted octanol–water partition coefficient (Wildman–Crippen LogP) is 5.45.